The number of thioether (sulfide) groups is 1. The number of benzene rings is 2. The van der Waals surface area contributed by atoms with Crippen molar-refractivity contribution in [1.29, 1.82) is 0 Å². The fraction of sp³-hybridized carbons (Fsp3) is 0.235. The van der Waals surface area contributed by atoms with Gasteiger partial charge in [0.15, 0.2) is 0 Å². The van der Waals surface area contributed by atoms with Crippen molar-refractivity contribution in [3.8, 4) is 0 Å². The maximum atomic E-state index is 13.0. The van der Waals surface area contributed by atoms with Gasteiger partial charge in [0.05, 0.1) is 10.8 Å². The van der Waals surface area contributed by atoms with E-state index in [1.165, 1.54) is 46.7 Å². The number of nitrogens with one attached hydrogen (secondary N) is 1. The molecule has 0 fully saturated rings. The van der Waals surface area contributed by atoms with Gasteiger partial charge in [-0.3, -0.25) is 4.79 Å². The van der Waals surface area contributed by atoms with Crippen molar-refractivity contribution in [3.05, 3.63) is 63.9 Å². The number of rotatable bonds is 5. The van der Waals surface area contributed by atoms with E-state index in [2.05, 4.69) is 37.4 Å². The van der Waals surface area contributed by atoms with E-state index in [4.69, 9.17) is 11.6 Å². The quantitative estimate of drug-likeness (QED) is 0.834. The lowest BCUT2D eigenvalue weighted by Gasteiger charge is -2.07. The van der Waals surface area contributed by atoms with Crippen molar-refractivity contribution in [2.45, 2.75) is 19.6 Å². The van der Waals surface area contributed by atoms with Gasteiger partial charge < -0.3 is 5.32 Å². The Kier molecular flexibility index (Phi) is 5.86. The van der Waals surface area contributed by atoms with Gasteiger partial charge in [-0.05, 0) is 37.6 Å². The predicted octanol–water partition coefficient (Wildman–Crippen LogP) is 4.97. The molecule has 0 aromatic heterocycles. The number of hydrogen-bond donors (Lipinski definition) is 1. The molecule has 5 heteroatoms. The van der Waals surface area contributed by atoms with Crippen LogP contribution in [0.2, 0.25) is 5.02 Å². The molecule has 0 unspecified atom stereocenters. The fourth-order valence-corrected chi connectivity index (χ4v) is 3.13. The summed E-state index contributed by atoms with van der Waals surface area (Å²) in [5, 5.41) is 2.71. The molecule has 116 valence electrons. The van der Waals surface area contributed by atoms with Crippen molar-refractivity contribution in [1.82, 2.24) is 0 Å². The number of halogens is 2. The smallest absolute Gasteiger partial charge is 0.234 e. The van der Waals surface area contributed by atoms with Crippen molar-refractivity contribution < 1.29 is 9.18 Å². The molecule has 0 saturated carbocycles. The van der Waals surface area contributed by atoms with Gasteiger partial charge in [-0.25, -0.2) is 4.39 Å². The third-order valence-corrected chi connectivity index (χ3v) is 4.28. The van der Waals surface area contributed by atoms with Crippen molar-refractivity contribution in [2.24, 2.45) is 0 Å². The van der Waals surface area contributed by atoms with Gasteiger partial charge >= 0.3 is 0 Å². The second kappa shape index (κ2) is 7.65. The molecule has 1 N–H and O–H groups in total. The normalized spacial score (nSPS) is 10.5. The van der Waals surface area contributed by atoms with Crippen molar-refractivity contribution in [2.75, 3.05) is 11.1 Å². The SMILES string of the molecule is Cc1cc(C)cc(CSCC(=O)Nc2ccc(F)c(Cl)c2)c1. The van der Waals surface area contributed by atoms with Crippen LogP contribution in [0.3, 0.4) is 0 Å². The number of carbonyl (C=O) groups excluding carboxylic acids is 1. The highest BCUT2D eigenvalue weighted by atomic mass is 35.5. The maximum Gasteiger partial charge on any atom is 0.234 e. The lowest BCUT2D eigenvalue weighted by molar-refractivity contribution is -0.113. The van der Waals surface area contributed by atoms with E-state index in [-0.39, 0.29) is 10.9 Å². The first kappa shape index (κ1) is 16.8. The summed E-state index contributed by atoms with van der Waals surface area (Å²) in [5.74, 6) is 0.489. The van der Waals surface area contributed by atoms with E-state index in [1.54, 1.807) is 0 Å². The summed E-state index contributed by atoms with van der Waals surface area (Å²) in [7, 11) is 0. The van der Waals surface area contributed by atoms with Gasteiger partial charge in [-0.1, -0.05) is 40.9 Å². The van der Waals surface area contributed by atoms with Crippen molar-refractivity contribution in [3.63, 3.8) is 0 Å². The first-order valence-corrected chi connectivity index (χ1v) is 8.37. The summed E-state index contributed by atoms with van der Waals surface area (Å²) in [5.41, 5.74) is 4.16. The molecule has 22 heavy (non-hydrogen) atoms. The van der Waals surface area contributed by atoms with Gasteiger partial charge in [-0.2, -0.15) is 0 Å². The summed E-state index contributed by atoms with van der Waals surface area (Å²) >= 11 is 7.22. The molecule has 0 atom stereocenters. The number of anilines is 1. The monoisotopic (exact) mass is 337 g/mol. The molecule has 2 aromatic rings. The Bertz CT molecular complexity index is 670. The number of hydrogen-bond acceptors (Lipinski definition) is 2. The van der Waals surface area contributed by atoms with E-state index in [0.29, 0.717) is 11.4 Å². The number of carbonyl (C=O) groups is 1. The average molecular weight is 338 g/mol. The highest BCUT2D eigenvalue weighted by Gasteiger charge is 2.06. The minimum atomic E-state index is -0.496. The minimum absolute atomic E-state index is 0.000638. The Morgan fingerprint density at radius 3 is 2.50 bits per heavy atom. The van der Waals surface area contributed by atoms with Gasteiger partial charge in [0.2, 0.25) is 5.91 Å². The molecule has 2 aromatic carbocycles. The molecule has 0 bridgehead atoms. The fourth-order valence-electron chi connectivity index (χ4n) is 2.18. The van der Waals surface area contributed by atoms with Crippen LogP contribution in [0.5, 0.6) is 0 Å². The lowest BCUT2D eigenvalue weighted by Crippen LogP contribution is -2.14. The largest absolute Gasteiger partial charge is 0.325 e. The zero-order valence-electron chi connectivity index (χ0n) is 12.5. The van der Waals surface area contributed by atoms with Crippen LogP contribution in [-0.2, 0) is 10.5 Å². The Hall–Kier alpha value is -1.52. The molecule has 0 aliphatic heterocycles. The van der Waals surface area contributed by atoms with Crippen LogP contribution in [0, 0.1) is 19.7 Å². The highest BCUT2D eigenvalue weighted by Crippen LogP contribution is 2.20. The highest BCUT2D eigenvalue weighted by molar-refractivity contribution is 7.99. The van der Waals surface area contributed by atoms with Gasteiger partial charge in [0.1, 0.15) is 5.82 Å². The molecule has 0 heterocycles. The van der Waals surface area contributed by atoms with Crippen LogP contribution in [0.1, 0.15) is 16.7 Å². The van der Waals surface area contributed by atoms with Crippen molar-refractivity contribution >= 4 is 35.0 Å². The summed E-state index contributed by atoms with van der Waals surface area (Å²) in [6.45, 7) is 4.12. The number of amides is 1. The van der Waals surface area contributed by atoms with Crippen LogP contribution < -0.4 is 5.32 Å². The molecule has 0 spiro atoms. The molecular formula is C17H17ClFNOS. The first-order valence-electron chi connectivity index (χ1n) is 6.84. The van der Waals surface area contributed by atoms with Gasteiger partial charge in [0.25, 0.3) is 0 Å². The Morgan fingerprint density at radius 1 is 1.18 bits per heavy atom. The van der Waals surface area contributed by atoms with Crippen LogP contribution in [0.4, 0.5) is 10.1 Å². The summed E-state index contributed by atoms with van der Waals surface area (Å²) in [4.78, 5) is 11.9. The van der Waals surface area contributed by atoms with Crippen LogP contribution in [0.15, 0.2) is 36.4 Å². The lowest BCUT2D eigenvalue weighted by atomic mass is 10.1. The third kappa shape index (κ3) is 5.04. The average Bonchev–Trinajstić information content (AvgIpc) is 2.42. The summed E-state index contributed by atoms with van der Waals surface area (Å²) < 4.78 is 13.0. The molecule has 0 saturated heterocycles. The second-order valence-electron chi connectivity index (χ2n) is 5.17. The van der Waals surface area contributed by atoms with E-state index >= 15 is 0 Å². The Labute approximate surface area is 139 Å². The predicted molar refractivity (Wildman–Crippen MR) is 92.1 cm³/mol. The molecule has 0 aliphatic carbocycles. The standard InChI is InChI=1S/C17H17ClFNOS/c1-11-5-12(2)7-13(6-11)9-22-10-17(21)20-14-3-4-16(19)15(18)8-14/h3-8H,9-10H2,1-2H3,(H,20,21). The van der Waals surface area contributed by atoms with E-state index in [9.17, 15) is 9.18 Å². The van der Waals surface area contributed by atoms with E-state index in [1.807, 2.05) is 0 Å². The van der Waals surface area contributed by atoms with E-state index < -0.39 is 5.82 Å². The minimum Gasteiger partial charge on any atom is -0.325 e. The maximum absolute atomic E-state index is 13.0. The van der Waals surface area contributed by atoms with Crippen LogP contribution in [0.25, 0.3) is 0 Å². The molecule has 1 amide bonds. The number of aryl methyl sites for hydroxylation is 2. The van der Waals surface area contributed by atoms with Crippen LogP contribution in [-0.4, -0.2) is 11.7 Å². The van der Waals surface area contributed by atoms with Gasteiger partial charge in [0, 0.05) is 11.4 Å². The van der Waals surface area contributed by atoms with Crippen LogP contribution >= 0.6 is 23.4 Å². The molecule has 0 radical (unpaired) electrons. The molecule has 0 aliphatic rings. The molecule has 2 nitrogen and oxygen atoms in total. The molecule has 2 rings (SSSR count). The molecular weight excluding hydrogens is 321 g/mol. The first-order chi connectivity index (χ1) is 10.4. The summed E-state index contributed by atoms with van der Waals surface area (Å²) in [6.07, 6.45) is 0. The second-order valence-corrected chi connectivity index (χ2v) is 6.56. The topological polar surface area (TPSA) is 29.1 Å². The zero-order valence-corrected chi connectivity index (χ0v) is 14.0. The zero-order chi connectivity index (χ0) is 16.1. The van der Waals surface area contributed by atoms with Gasteiger partial charge in [-0.15, -0.1) is 11.8 Å². The summed E-state index contributed by atoms with van der Waals surface area (Å²) in [6, 6.07) is 10.5. The third-order valence-electron chi connectivity index (χ3n) is 2.99. The Morgan fingerprint density at radius 2 is 1.86 bits per heavy atom. The Balaban J connectivity index is 1.83. The van der Waals surface area contributed by atoms with E-state index in [0.717, 1.165) is 5.75 Å².